The third-order valence-corrected chi connectivity index (χ3v) is 6.45. The van der Waals surface area contributed by atoms with Crippen molar-refractivity contribution in [1.29, 1.82) is 0 Å². The molecule has 31 heavy (non-hydrogen) atoms. The fourth-order valence-corrected chi connectivity index (χ4v) is 4.54. The molecule has 0 aliphatic carbocycles. The van der Waals surface area contributed by atoms with Crippen molar-refractivity contribution < 1.29 is 5.11 Å². The lowest BCUT2D eigenvalue weighted by atomic mass is 9.90. The molecule has 2 heterocycles. The van der Waals surface area contributed by atoms with Crippen LogP contribution in [0.15, 0.2) is 52.7 Å². The van der Waals surface area contributed by atoms with E-state index < -0.39 is 0 Å². The van der Waals surface area contributed by atoms with Gasteiger partial charge in [0, 0.05) is 18.5 Å². The molecular formula is C24H29N5OS. The fraction of sp³-hybridized carbons (Fsp3) is 0.375. The molecule has 0 radical (unpaired) electrons. The number of nitrogens with two attached hydrogens (primary N) is 1. The van der Waals surface area contributed by atoms with Crippen molar-refractivity contribution in [2.24, 2.45) is 21.9 Å². The minimum Gasteiger partial charge on any atom is -0.493 e. The zero-order chi connectivity index (χ0) is 22.0. The largest absolute Gasteiger partial charge is 0.493 e. The summed E-state index contributed by atoms with van der Waals surface area (Å²) in [5.74, 6) is 0.809. The molecule has 4 rings (SSSR count). The third kappa shape index (κ3) is 4.62. The number of aryl methyl sites for hydroxylation is 2. The summed E-state index contributed by atoms with van der Waals surface area (Å²) in [6.45, 7) is 6.72. The summed E-state index contributed by atoms with van der Waals surface area (Å²) >= 11 is 4.84. The van der Waals surface area contributed by atoms with E-state index in [-0.39, 0.29) is 11.0 Å². The predicted molar refractivity (Wildman–Crippen MR) is 129 cm³/mol. The molecule has 0 atom stereocenters. The molecule has 0 bridgehead atoms. The standard InChI is InChI=1S/C24H29N5OS/c1-16-8-9-20-21(17(16)2)22(26-27-24(25)31)23(30)29(20)15-28-12-10-19(11-13-28)14-18-6-4-3-5-7-18/h3-9,19,30H,10-15H2,1-2H3,(H2,25,31). The van der Waals surface area contributed by atoms with Gasteiger partial charge in [-0.3, -0.25) is 9.47 Å². The SMILES string of the molecule is Cc1ccc2c(c1C)c(N=NC(N)=S)c(O)n2CN1CCC(Cc2ccccc2)CC1. The molecule has 1 aromatic heterocycles. The van der Waals surface area contributed by atoms with Crippen molar-refractivity contribution in [2.45, 2.75) is 39.8 Å². The molecule has 3 aromatic rings. The van der Waals surface area contributed by atoms with Crippen molar-refractivity contribution in [1.82, 2.24) is 9.47 Å². The Kier molecular flexibility index (Phi) is 6.34. The second-order valence-electron chi connectivity index (χ2n) is 8.43. The fourth-order valence-electron chi connectivity index (χ4n) is 4.50. The number of rotatable bonds is 5. The van der Waals surface area contributed by atoms with Gasteiger partial charge in [-0.05, 0) is 74.0 Å². The van der Waals surface area contributed by atoms with Crippen LogP contribution in [0, 0.1) is 19.8 Å². The number of fused-ring (bicyclic) bond motifs is 1. The first-order chi connectivity index (χ1) is 14.9. The number of piperidine rings is 1. The highest BCUT2D eigenvalue weighted by molar-refractivity contribution is 7.80. The van der Waals surface area contributed by atoms with Crippen LogP contribution in [0.1, 0.15) is 29.5 Å². The average molecular weight is 436 g/mol. The molecule has 2 aromatic carbocycles. The van der Waals surface area contributed by atoms with Gasteiger partial charge in [-0.2, -0.15) is 0 Å². The van der Waals surface area contributed by atoms with Crippen molar-refractivity contribution in [3.05, 3.63) is 59.2 Å². The van der Waals surface area contributed by atoms with E-state index in [1.165, 1.54) is 5.56 Å². The molecule has 1 aliphatic rings. The molecule has 1 fully saturated rings. The molecule has 3 N–H and O–H groups in total. The summed E-state index contributed by atoms with van der Waals surface area (Å²) in [6, 6.07) is 14.8. The first kappa shape index (κ1) is 21.5. The van der Waals surface area contributed by atoms with Crippen molar-refractivity contribution in [3.63, 3.8) is 0 Å². The highest BCUT2D eigenvalue weighted by Gasteiger charge is 2.24. The number of benzene rings is 2. The second-order valence-corrected chi connectivity index (χ2v) is 8.85. The third-order valence-electron chi connectivity index (χ3n) is 6.37. The van der Waals surface area contributed by atoms with Crippen molar-refractivity contribution >= 4 is 33.9 Å². The first-order valence-electron chi connectivity index (χ1n) is 10.7. The summed E-state index contributed by atoms with van der Waals surface area (Å²) < 4.78 is 1.92. The highest BCUT2D eigenvalue weighted by Crippen LogP contribution is 2.41. The Bertz CT molecular complexity index is 1110. The number of likely N-dealkylation sites (tertiary alicyclic amines) is 1. The maximum absolute atomic E-state index is 11.0. The van der Waals surface area contributed by atoms with Gasteiger partial charge in [-0.25, -0.2) is 0 Å². The number of azo groups is 1. The van der Waals surface area contributed by atoms with Gasteiger partial charge in [-0.15, -0.1) is 10.2 Å². The molecule has 0 unspecified atom stereocenters. The number of aromatic hydroxyl groups is 1. The summed E-state index contributed by atoms with van der Waals surface area (Å²) in [5, 5.41) is 19.9. The monoisotopic (exact) mass is 435 g/mol. The van der Waals surface area contributed by atoms with Crippen LogP contribution in [0.25, 0.3) is 10.9 Å². The predicted octanol–water partition coefficient (Wildman–Crippen LogP) is 5.20. The Labute approximate surface area is 188 Å². The lowest BCUT2D eigenvalue weighted by molar-refractivity contribution is 0.145. The van der Waals surface area contributed by atoms with E-state index >= 15 is 0 Å². The van der Waals surface area contributed by atoms with Gasteiger partial charge in [0.05, 0.1) is 12.2 Å². The van der Waals surface area contributed by atoms with Gasteiger partial charge in [0.15, 0.2) is 5.69 Å². The van der Waals surface area contributed by atoms with Gasteiger partial charge in [0.2, 0.25) is 11.0 Å². The van der Waals surface area contributed by atoms with E-state index in [0.29, 0.717) is 18.3 Å². The summed E-state index contributed by atoms with van der Waals surface area (Å²) in [6.07, 6.45) is 3.44. The minimum atomic E-state index is -0.0499. The van der Waals surface area contributed by atoms with E-state index in [4.69, 9.17) is 18.0 Å². The minimum absolute atomic E-state index is 0.0499. The zero-order valence-corrected chi connectivity index (χ0v) is 18.9. The van der Waals surface area contributed by atoms with Gasteiger partial charge in [0.1, 0.15) is 0 Å². The first-order valence-corrected chi connectivity index (χ1v) is 11.1. The molecule has 1 aliphatic heterocycles. The molecule has 1 saturated heterocycles. The Hall–Kier alpha value is -2.77. The molecular weight excluding hydrogens is 406 g/mol. The topological polar surface area (TPSA) is 79.1 Å². The number of hydrogen-bond acceptors (Lipinski definition) is 4. The molecule has 6 nitrogen and oxygen atoms in total. The van der Waals surface area contributed by atoms with E-state index in [9.17, 15) is 5.11 Å². The Morgan fingerprint density at radius 3 is 2.52 bits per heavy atom. The Balaban J connectivity index is 1.54. The van der Waals surface area contributed by atoms with Crippen LogP contribution in [0.5, 0.6) is 5.88 Å². The molecule has 7 heteroatoms. The van der Waals surface area contributed by atoms with E-state index in [1.54, 1.807) is 0 Å². The van der Waals surface area contributed by atoms with Crippen LogP contribution in [0.3, 0.4) is 0 Å². The maximum Gasteiger partial charge on any atom is 0.221 e. The molecule has 162 valence electrons. The summed E-state index contributed by atoms with van der Waals surface area (Å²) in [4.78, 5) is 2.39. The number of thiocarbonyl (C=S) groups is 1. The quantitative estimate of drug-likeness (QED) is 0.426. The van der Waals surface area contributed by atoms with Crippen molar-refractivity contribution in [2.75, 3.05) is 13.1 Å². The van der Waals surface area contributed by atoms with Crippen LogP contribution in [0.4, 0.5) is 5.69 Å². The Morgan fingerprint density at radius 1 is 1.13 bits per heavy atom. The molecule has 0 amide bonds. The molecule has 0 saturated carbocycles. The van der Waals surface area contributed by atoms with Gasteiger partial charge in [0.25, 0.3) is 0 Å². The average Bonchev–Trinajstić information content (AvgIpc) is 3.03. The van der Waals surface area contributed by atoms with Crippen LogP contribution in [0.2, 0.25) is 0 Å². The second kappa shape index (κ2) is 9.16. The van der Waals surface area contributed by atoms with E-state index in [1.807, 2.05) is 17.6 Å². The van der Waals surface area contributed by atoms with Crippen LogP contribution in [-0.2, 0) is 13.1 Å². The maximum atomic E-state index is 11.0. The van der Waals surface area contributed by atoms with E-state index in [0.717, 1.165) is 54.4 Å². The van der Waals surface area contributed by atoms with Gasteiger partial charge in [-0.1, -0.05) is 36.4 Å². The number of aromatic nitrogens is 1. The number of nitrogens with zero attached hydrogens (tertiary/aromatic N) is 4. The summed E-state index contributed by atoms with van der Waals surface area (Å²) in [7, 11) is 0. The smallest absolute Gasteiger partial charge is 0.221 e. The molecule has 0 spiro atoms. The lowest BCUT2D eigenvalue weighted by Gasteiger charge is -2.32. The van der Waals surface area contributed by atoms with Gasteiger partial charge >= 0.3 is 0 Å². The van der Waals surface area contributed by atoms with Crippen LogP contribution < -0.4 is 5.73 Å². The van der Waals surface area contributed by atoms with Crippen molar-refractivity contribution in [3.8, 4) is 5.88 Å². The van der Waals surface area contributed by atoms with E-state index in [2.05, 4.69) is 58.5 Å². The summed E-state index contributed by atoms with van der Waals surface area (Å²) in [5.41, 5.74) is 10.5. The van der Waals surface area contributed by atoms with Crippen LogP contribution >= 0.6 is 12.2 Å². The normalized spacial score (nSPS) is 15.8. The zero-order valence-electron chi connectivity index (χ0n) is 18.1. The van der Waals surface area contributed by atoms with Gasteiger partial charge < -0.3 is 10.8 Å². The number of hydrogen-bond donors (Lipinski definition) is 2. The lowest BCUT2D eigenvalue weighted by Crippen LogP contribution is -2.35. The van der Waals surface area contributed by atoms with Crippen LogP contribution in [-0.4, -0.2) is 32.8 Å². The highest BCUT2D eigenvalue weighted by atomic mass is 32.1. The Morgan fingerprint density at radius 2 is 1.84 bits per heavy atom.